The third-order valence-corrected chi connectivity index (χ3v) is 6.83. The van der Waals surface area contributed by atoms with Gasteiger partial charge in [-0.3, -0.25) is 10.1 Å². The summed E-state index contributed by atoms with van der Waals surface area (Å²) in [5, 5.41) is 10.7. The molecule has 3 heterocycles. The smallest absolute Gasteiger partial charge is 0.274 e. The second-order valence-corrected chi connectivity index (χ2v) is 9.25. The Bertz CT molecular complexity index is 1310. The molecule has 2 unspecified atom stereocenters. The number of methoxy groups -OCH3 is 2. The molecule has 0 radical (unpaired) electrons. The minimum Gasteiger partial charge on any atom is -0.496 e. The van der Waals surface area contributed by atoms with Gasteiger partial charge in [0, 0.05) is 20.1 Å². The highest BCUT2D eigenvalue weighted by molar-refractivity contribution is 6.02. The standard InChI is InChI=1S/C28H31N3O4.H2/c1-6-29-28(32)26-25(16-10-11-17-19(12-16)22-9-7-8-21(17)30-22)27(35-31-26)20-13-18(15(2)3)23(33-4)14-24(20)34-5;/h7,9-15,21-22,30H,6,8H2,1-5H3,(H,29,32);1H. The first-order chi connectivity index (χ1) is 17.0. The fourth-order valence-corrected chi connectivity index (χ4v) is 5.11. The number of aromatic nitrogens is 1. The molecule has 0 saturated carbocycles. The van der Waals surface area contributed by atoms with Crippen LogP contribution in [0.4, 0.5) is 0 Å². The van der Waals surface area contributed by atoms with Crippen LogP contribution in [0.15, 0.2) is 47.0 Å². The molecule has 1 amide bonds. The van der Waals surface area contributed by atoms with E-state index in [1.165, 1.54) is 11.1 Å². The van der Waals surface area contributed by atoms with Gasteiger partial charge in [-0.15, -0.1) is 0 Å². The van der Waals surface area contributed by atoms with Gasteiger partial charge in [-0.1, -0.05) is 43.3 Å². The van der Waals surface area contributed by atoms with E-state index < -0.39 is 0 Å². The summed E-state index contributed by atoms with van der Waals surface area (Å²) in [6.07, 6.45) is 5.41. The van der Waals surface area contributed by atoms with Crippen LogP contribution in [0.5, 0.6) is 11.5 Å². The van der Waals surface area contributed by atoms with Gasteiger partial charge in [0.2, 0.25) is 0 Å². The van der Waals surface area contributed by atoms with Gasteiger partial charge >= 0.3 is 0 Å². The van der Waals surface area contributed by atoms with E-state index in [1.54, 1.807) is 14.2 Å². The molecule has 3 aromatic rings. The summed E-state index contributed by atoms with van der Waals surface area (Å²) in [4.78, 5) is 13.0. The minimum atomic E-state index is -0.272. The quantitative estimate of drug-likeness (QED) is 0.421. The molecule has 2 aliphatic rings. The lowest BCUT2D eigenvalue weighted by molar-refractivity contribution is 0.0947. The summed E-state index contributed by atoms with van der Waals surface area (Å²) in [6.45, 7) is 6.59. The van der Waals surface area contributed by atoms with Crippen LogP contribution in [0.3, 0.4) is 0 Å². The summed E-state index contributed by atoms with van der Waals surface area (Å²) < 4.78 is 17.2. The fraction of sp³-hybridized carbons (Fsp3) is 0.357. The predicted octanol–water partition coefficient (Wildman–Crippen LogP) is 5.79. The van der Waals surface area contributed by atoms with Gasteiger partial charge < -0.3 is 19.3 Å². The maximum absolute atomic E-state index is 13.0. The zero-order valence-electron chi connectivity index (χ0n) is 20.8. The molecule has 1 aromatic heterocycles. The van der Waals surface area contributed by atoms with E-state index in [0.29, 0.717) is 29.7 Å². The van der Waals surface area contributed by atoms with Gasteiger partial charge in [-0.2, -0.15) is 0 Å². The highest BCUT2D eigenvalue weighted by atomic mass is 16.5. The van der Waals surface area contributed by atoms with E-state index in [2.05, 4.69) is 60.0 Å². The van der Waals surface area contributed by atoms with E-state index in [1.807, 2.05) is 19.1 Å². The number of amides is 1. The average molecular weight is 476 g/mol. The molecule has 2 bridgehead atoms. The SMILES string of the molecule is CCNC(=O)c1noc(-c2cc(C(C)C)c(OC)cc2OC)c1-c1ccc2c(c1)C1C=CCC2N1.[HH]. The van der Waals surface area contributed by atoms with Crippen LogP contribution in [0.2, 0.25) is 0 Å². The molecule has 0 saturated heterocycles. The van der Waals surface area contributed by atoms with Gasteiger partial charge in [0.15, 0.2) is 11.5 Å². The van der Waals surface area contributed by atoms with Crippen molar-refractivity contribution < 1.29 is 20.2 Å². The Morgan fingerprint density at radius 3 is 2.71 bits per heavy atom. The molecule has 7 nitrogen and oxygen atoms in total. The Hall–Kier alpha value is -3.58. The van der Waals surface area contributed by atoms with Crippen molar-refractivity contribution in [2.75, 3.05) is 20.8 Å². The number of nitrogens with zero attached hydrogens (tertiary/aromatic N) is 1. The van der Waals surface area contributed by atoms with Gasteiger partial charge in [0.25, 0.3) is 5.91 Å². The second-order valence-electron chi connectivity index (χ2n) is 9.25. The monoisotopic (exact) mass is 475 g/mol. The first kappa shape index (κ1) is 23.2. The number of carbonyl (C=O) groups is 1. The van der Waals surface area contributed by atoms with Crippen molar-refractivity contribution in [3.8, 4) is 33.9 Å². The molecular formula is C28H33N3O4. The van der Waals surface area contributed by atoms with Crippen molar-refractivity contribution >= 4 is 5.91 Å². The molecule has 2 aliphatic heterocycles. The molecule has 184 valence electrons. The average Bonchev–Trinajstić information content (AvgIpc) is 3.42. The summed E-state index contributed by atoms with van der Waals surface area (Å²) in [6, 6.07) is 10.7. The molecular weight excluding hydrogens is 442 g/mol. The van der Waals surface area contributed by atoms with Crippen LogP contribution in [0.1, 0.15) is 73.8 Å². The van der Waals surface area contributed by atoms with Crippen molar-refractivity contribution in [1.82, 2.24) is 15.8 Å². The van der Waals surface area contributed by atoms with Crippen LogP contribution in [0, 0.1) is 0 Å². The summed E-state index contributed by atoms with van der Waals surface area (Å²) in [5.74, 6) is 1.77. The van der Waals surface area contributed by atoms with E-state index in [4.69, 9.17) is 14.0 Å². The predicted molar refractivity (Wildman–Crippen MR) is 137 cm³/mol. The number of fused-ring (bicyclic) bond motifs is 5. The highest BCUT2D eigenvalue weighted by Gasteiger charge is 2.33. The zero-order chi connectivity index (χ0) is 24.7. The Morgan fingerprint density at radius 2 is 2.00 bits per heavy atom. The van der Waals surface area contributed by atoms with E-state index >= 15 is 0 Å². The van der Waals surface area contributed by atoms with Crippen LogP contribution in [-0.4, -0.2) is 31.8 Å². The number of rotatable bonds is 7. The number of benzene rings is 2. The molecule has 5 rings (SSSR count). The lowest BCUT2D eigenvalue weighted by Crippen LogP contribution is -2.23. The van der Waals surface area contributed by atoms with Crippen molar-refractivity contribution in [3.05, 3.63) is 64.9 Å². The van der Waals surface area contributed by atoms with Crippen LogP contribution in [0.25, 0.3) is 22.5 Å². The molecule has 0 aliphatic carbocycles. The largest absolute Gasteiger partial charge is 0.496 e. The summed E-state index contributed by atoms with van der Waals surface area (Å²) in [5.41, 5.74) is 6.06. The van der Waals surface area contributed by atoms with Gasteiger partial charge in [0.1, 0.15) is 11.5 Å². The molecule has 0 fully saturated rings. The molecule has 2 atom stereocenters. The Labute approximate surface area is 207 Å². The van der Waals surface area contributed by atoms with Crippen molar-refractivity contribution in [2.45, 2.75) is 45.2 Å². The highest BCUT2D eigenvalue weighted by Crippen LogP contribution is 2.46. The van der Waals surface area contributed by atoms with E-state index in [0.717, 1.165) is 28.9 Å². The number of nitrogens with one attached hydrogen (secondary N) is 2. The first-order valence-electron chi connectivity index (χ1n) is 12.1. The Balaban J connectivity index is 0.00000304. The van der Waals surface area contributed by atoms with Gasteiger partial charge in [-0.05, 0) is 53.6 Å². The van der Waals surface area contributed by atoms with Crippen LogP contribution in [-0.2, 0) is 0 Å². The molecule has 2 N–H and O–H groups in total. The van der Waals surface area contributed by atoms with Gasteiger partial charge in [-0.25, -0.2) is 0 Å². The van der Waals surface area contributed by atoms with Crippen LogP contribution >= 0.6 is 0 Å². The summed E-state index contributed by atoms with van der Waals surface area (Å²) >= 11 is 0. The van der Waals surface area contributed by atoms with Crippen molar-refractivity contribution in [3.63, 3.8) is 0 Å². The Kier molecular flexibility index (Phi) is 6.11. The number of hydrogen-bond acceptors (Lipinski definition) is 6. The van der Waals surface area contributed by atoms with Gasteiger partial charge in [0.05, 0.1) is 31.4 Å². The normalized spacial score (nSPS) is 18.0. The maximum atomic E-state index is 13.0. The number of ether oxygens (including phenoxy) is 2. The molecule has 35 heavy (non-hydrogen) atoms. The number of carbonyl (C=O) groups excluding carboxylic acids is 1. The lowest BCUT2D eigenvalue weighted by Gasteiger charge is -2.17. The third kappa shape index (κ3) is 3.90. The first-order valence-corrected chi connectivity index (χ1v) is 12.1. The fourth-order valence-electron chi connectivity index (χ4n) is 5.11. The maximum Gasteiger partial charge on any atom is 0.274 e. The second kappa shape index (κ2) is 9.23. The lowest BCUT2D eigenvalue weighted by atomic mass is 9.92. The Morgan fingerprint density at radius 1 is 1.20 bits per heavy atom. The topological polar surface area (TPSA) is 85.6 Å². The zero-order valence-corrected chi connectivity index (χ0v) is 20.8. The summed E-state index contributed by atoms with van der Waals surface area (Å²) in [7, 11) is 3.26. The minimum absolute atomic E-state index is 0. The van der Waals surface area contributed by atoms with Crippen molar-refractivity contribution in [2.24, 2.45) is 0 Å². The van der Waals surface area contributed by atoms with E-state index in [9.17, 15) is 4.79 Å². The van der Waals surface area contributed by atoms with E-state index in [-0.39, 0.29) is 25.0 Å². The van der Waals surface area contributed by atoms with Crippen LogP contribution < -0.4 is 20.1 Å². The van der Waals surface area contributed by atoms with Crippen molar-refractivity contribution in [1.29, 1.82) is 0 Å². The molecule has 0 spiro atoms. The number of hydrogen-bond donors (Lipinski definition) is 2. The third-order valence-electron chi connectivity index (χ3n) is 6.83. The molecule has 2 aromatic carbocycles. The molecule has 7 heteroatoms.